The summed E-state index contributed by atoms with van der Waals surface area (Å²) < 4.78 is 14.4. The molecule has 0 aromatic heterocycles. The number of hydrogen-bond donors (Lipinski definition) is 2. The molecule has 0 spiro atoms. The normalized spacial score (nSPS) is 16.2. The number of nitrogens with one attached hydrogen (secondary N) is 1. The topological polar surface area (TPSA) is 58.4 Å². The van der Waals surface area contributed by atoms with Crippen molar-refractivity contribution in [2.75, 3.05) is 19.6 Å². The van der Waals surface area contributed by atoms with Gasteiger partial charge in [-0.05, 0) is 17.8 Å². The highest BCUT2D eigenvalue weighted by molar-refractivity contribution is 7.56. The molecule has 0 radical (unpaired) electrons. The first-order valence-electron chi connectivity index (χ1n) is 6.54. The maximum atomic E-state index is 12.5. The summed E-state index contributed by atoms with van der Waals surface area (Å²) in [5.74, 6) is 1.38. The molecule has 0 bridgehead atoms. The average Bonchev–Trinajstić information content (AvgIpc) is 2.12. The van der Waals surface area contributed by atoms with E-state index < -0.39 is 7.59 Å². The van der Waals surface area contributed by atoms with E-state index in [2.05, 4.69) is 46.6 Å². The summed E-state index contributed by atoms with van der Waals surface area (Å²) in [7, 11) is -2.88. The van der Waals surface area contributed by atoms with Gasteiger partial charge >= 0.3 is 0 Å². The lowest BCUT2D eigenvalue weighted by atomic mass is 10.2. The molecule has 0 aliphatic heterocycles. The van der Waals surface area contributed by atoms with Crippen LogP contribution >= 0.6 is 7.59 Å². The third-order valence-electron chi connectivity index (χ3n) is 2.30. The molecule has 0 saturated heterocycles. The summed E-state index contributed by atoms with van der Waals surface area (Å²) in [5.41, 5.74) is 5.98. The third kappa shape index (κ3) is 7.93. The molecular weight excluding hydrogens is 233 g/mol. The molecule has 0 rings (SSSR count). The molecule has 0 aromatic carbocycles. The van der Waals surface area contributed by atoms with Gasteiger partial charge in [-0.2, -0.15) is 0 Å². The Morgan fingerprint density at radius 1 is 1.00 bits per heavy atom. The molecular formula is C12H30N3OP. The van der Waals surface area contributed by atoms with Crippen molar-refractivity contribution in [1.82, 2.24) is 9.76 Å². The largest absolute Gasteiger partial charge is 0.279 e. The maximum absolute atomic E-state index is 12.5. The number of nitrogens with two attached hydrogens (primary N) is 1. The third-order valence-corrected chi connectivity index (χ3v) is 4.10. The monoisotopic (exact) mass is 263 g/mol. The highest BCUT2D eigenvalue weighted by atomic mass is 31.2. The summed E-state index contributed by atoms with van der Waals surface area (Å²) in [6.07, 6.45) is 0. The van der Waals surface area contributed by atoms with Crippen molar-refractivity contribution >= 4 is 7.59 Å². The van der Waals surface area contributed by atoms with Gasteiger partial charge in [0.25, 0.3) is 7.59 Å². The maximum Gasteiger partial charge on any atom is 0.279 e. The molecule has 1 atom stereocenters. The Hall–Kier alpha value is 0.110. The van der Waals surface area contributed by atoms with Crippen LogP contribution in [-0.2, 0) is 4.57 Å². The van der Waals surface area contributed by atoms with E-state index in [0.29, 0.717) is 24.3 Å². The molecule has 5 heteroatoms. The Morgan fingerprint density at radius 3 is 1.71 bits per heavy atom. The molecule has 0 saturated carbocycles. The van der Waals surface area contributed by atoms with Gasteiger partial charge in [0.05, 0.1) is 0 Å². The second kappa shape index (κ2) is 7.52. The van der Waals surface area contributed by atoms with E-state index in [4.69, 9.17) is 5.50 Å². The number of nitrogens with zero attached hydrogens (tertiary/aromatic N) is 1. The summed E-state index contributed by atoms with van der Waals surface area (Å²) in [5, 5.41) is 3.03. The standard InChI is InChI=1S/C12H30N3OP/c1-10(2)7-14-17(13,16)15(8-11(3)4)9-12(5)6/h10-12H,7-9H2,1-6H3,(H3,13,14,16). The zero-order valence-corrected chi connectivity index (χ0v) is 13.1. The van der Waals surface area contributed by atoms with Gasteiger partial charge in [0.2, 0.25) is 0 Å². The Kier molecular flexibility index (Phi) is 7.57. The number of hydrogen-bond acceptors (Lipinski definition) is 1. The molecule has 0 aromatic rings. The molecule has 4 nitrogen and oxygen atoms in total. The minimum Gasteiger partial charge on any atom is -0.271 e. The molecule has 0 fully saturated rings. The molecule has 0 aliphatic rings. The fraction of sp³-hybridized carbons (Fsp3) is 1.00. The predicted octanol–water partition coefficient (Wildman–Crippen LogP) is 2.91. The highest BCUT2D eigenvalue weighted by Crippen LogP contribution is 2.37. The van der Waals surface area contributed by atoms with Crippen molar-refractivity contribution in [2.24, 2.45) is 23.3 Å². The summed E-state index contributed by atoms with van der Waals surface area (Å²) >= 11 is 0. The van der Waals surface area contributed by atoms with Crippen LogP contribution in [0.2, 0.25) is 0 Å². The van der Waals surface area contributed by atoms with Crippen LogP contribution in [0.3, 0.4) is 0 Å². The Morgan fingerprint density at radius 2 is 1.41 bits per heavy atom. The lowest BCUT2D eigenvalue weighted by Crippen LogP contribution is -2.38. The molecule has 3 N–H and O–H groups in total. The van der Waals surface area contributed by atoms with Crippen LogP contribution in [0, 0.1) is 17.8 Å². The average molecular weight is 263 g/mol. The van der Waals surface area contributed by atoms with Gasteiger partial charge in [-0.1, -0.05) is 41.5 Å². The van der Waals surface area contributed by atoms with E-state index in [9.17, 15) is 4.57 Å². The van der Waals surface area contributed by atoms with Gasteiger partial charge in [-0.3, -0.25) is 10.1 Å². The second-order valence-electron chi connectivity index (χ2n) is 6.04. The van der Waals surface area contributed by atoms with Crippen molar-refractivity contribution in [1.29, 1.82) is 0 Å². The summed E-state index contributed by atoms with van der Waals surface area (Å²) in [6, 6.07) is 0. The first kappa shape index (κ1) is 17.1. The van der Waals surface area contributed by atoms with Crippen molar-refractivity contribution in [3.8, 4) is 0 Å². The van der Waals surface area contributed by atoms with Crippen LogP contribution in [0.25, 0.3) is 0 Å². The summed E-state index contributed by atoms with van der Waals surface area (Å²) in [6.45, 7) is 14.9. The molecule has 17 heavy (non-hydrogen) atoms. The molecule has 0 aliphatic carbocycles. The first-order valence-corrected chi connectivity index (χ1v) is 8.27. The van der Waals surface area contributed by atoms with Crippen molar-refractivity contribution < 1.29 is 4.57 Å². The Balaban J connectivity index is 4.57. The van der Waals surface area contributed by atoms with Crippen molar-refractivity contribution in [2.45, 2.75) is 41.5 Å². The zero-order valence-electron chi connectivity index (χ0n) is 12.2. The SMILES string of the molecule is CC(C)CNP(N)(=O)N(CC(C)C)CC(C)C. The minimum atomic E-state index is -2.88. The number of rotatable bonds is 8. The van der Waals surface area contributed by atoms with Crippen LogP contribution in [0.4, 0.5) is 0 Å². The quantitative estimate of drug-likeness (QED) is 0.661. The van der Waals surface area contributed by atoms with Gasteiger partial charge in [0.1, 0.15) is 0 Å². The predicted molar refractivity (Wildman–Crippen MR) is 75.9 cm³/mol. The molecule has 0 amide bonds. The van der Waals surface area contributed by atoms with Gasteiger partial charge in [0, 0.05) is 19.6 Å². The van der Waals surface area contributed by atoms with Crippen molar-refractivity contribution in [3.63, 3.8) is 0 Å². The van der Waals surface area contributed by atoms with Crippen molar-refractivity contribution in [3.05, 3.63) is 0 Å². The van der Waals surface area contributed by atoms with Crippen LogP contribution in [0.5, 0.6) is 0 Å². The van der Waals surface area contributed by atoms with Crippen LogP contribution in [0.1, 0.15) is 41.5 Å². The van der Waals surface area contributed by atoms with E-state index in [0.717, 1.165) is 13.1 Å². The highest BCUT2D eigenvalue weighted by Gasteiger charge is 2.26. The molecule has 0 heterocycles. The van der Waals surface area contributed by atoms with E-state index in [1.807, 2.05) is 4.67 Å². The first-order chi connectivity index (χ1) is 7.65. The minimum absolute atomic E-state index is 0.451. The lowest BCUT2D eigenvalue weighted by Gasteiger charge is -2.32. The zero-order chi connectivity index (χ0) is 13.6. The molecule has 1 unspecified atom stereocenters. The van der Waals surface area contributed by atoms with Gasteiger partial charge in [-0.25, -0.2) is 9.76 Å². The van der Waals surface area contributed by atoms with E-state index >= 15 is 0 Å². The van der Waals surface area contributed by atoms with Crippen LogP contribution in [-0.4, -0.2) is 24.3 Å². The summed E-state index contributed by atoms with van der Waals surface area (Å²) in [4.78, 5) is 0. The van der Waals surface area contributed by atoms with E-state index in [1.165, 1.54) is 0 Å². The molecule has 104 valence electrons. The van der Waals surface area contributed by atoms with Gasteiger partial charge < -0.3 is 0 Å². The van der Waals surface area contributed by atoms with E-state index in [1.54, 1.807) is 0 Å². The fourth-order valence-corrected chi connectivity index (χ4v) is 3.54. The van der Waals surface area contributed by atoms with Crippen LogP contribution in [0.15, 0.2) is 0 Å². The lowest BCUT2D eigenvalue weighted by molar-refractivity contribution is 0.325. The fourth-order valence-electron chi connectivity index (χ4n) is 1.57. The smallest absolute Gasteiger partial charge is 0.271 e. The Labute approximate surface area is 107 Å². The van der Waals surface area contributed by atoms with E-state index in [-0.39, 0.29) is 0 Å². The van der Waals surface area contributed by atoms with Gasteiger partial charge in [0.15, 0.2) is 0 Å². The van der Waals surface area contributed by atoms with Crippen LogP contribution < -0.4 is 10.6 Å². The Bertz CT molecular complexity index is 244. The van der Waals surface area contributed by atoms with Gasteiger partial charge in [-0.15, -0.1) is 0 Å². The second-order valence-corrected chi connectivity index (χ2v) is 8.17.